The van der Waals surface area contributed by atoms with Crippen LogP contribution in [0, 0.1) is 25.7 Å². The fourth-order valence-corrected chi connectivity index (χ4v) is 6.23. The first-order valence-corrected chi connectivity index (χ1v) is 11.8. The molecule has 5 nitrogen and oxygen atoms in total. The number of hydrogen-bond donors (Lipinski definition) is 2. The molecular weight excluding hydrogens is 408 g/mol. The minimum Gasteiger partial charge on any atom is -0.349 e. The molecule has 7 heteroatoms. The van der Waals surface area contributed by atoms with Crippen LogP contribution in [0.3, 0.4) is 0 Å². The number of fused-ring (bicyclic) bond motifs is 2. The third-order valence-electron chi connectivity index (χ3n) is 6.39. The van der Waals surface area contributed by atoms with Gasteiger partial charge in [0.15, 0.2) is 0 Å². The second-order valence-corrected chi connectivity index (χ2v) is 10.3. The maximum absolute atomic E-state index is 13.0. The molecule has 2 bridgehead atoms. The summed E-state index contributed by atoms with van der Waals surface area (Å²) in [6, 6.07) is 10.0. The van der Waals surface area contributed by atoms with Crippen molar-refractivity contribution < 1.29 is 13.2 Å². The summed E-state index contributed by atoms with van der Waals surface area (Å²) in [4.78, 5) is 12.7. The number of anilines is 1. The van der Waals surface area contributed by atoms with Crippen LogP contribution in [0.15, 0.2) is 41.3 Å². The quantitative estimate of drug-likeness (QED) is 0.720. The van der Waals surface area contributed by atoms with Gasteiger partial charge in [0, 0.05) is 11.6 Å². The SMILES string of the molecule is Cc1cccc(NS(=O)(=O)c2cc(C(=O)N[C@H]3C[C@H]4CC[C@H]3C4)ccc2Cl)c1C. The van der Waals surface area contributed by atoms with Crippen LogP contribution in [-0.2, 0) is 10.0 Å². The summed E-state index contributed by atoms with van der Waals surface area (Å²) in [6.45, 7) is 3.77. The van der Waals surface area contributed by atoms with Gasteiger partial charge in [-0.1, -0.05) is 30.2 Å². The van der Waals surface area contributed by atoms with Crippen LogP contribution in [0.2, 0.25) is 5.02 Å². The molecule has 4 rings (SSSR count). The van der Waals surface area contributed by atoms with E-state index in [1.165, 1.54) is 25.0 Å². The summed E-state index contributed by atoms with van der Waals surface area (Å²) < 4.78 is 28.6. The highest BCUT2D eigenvalue weighted by molar-refractivity contribution is 7.92. The van der Waals surface area contributed by atoms with E-state index < -0.39 is 10.0 Å². The van der Waals surface area contributed by atoms with Gasteiger partial charge in [-0.15, -0.1) is 0 Å². The molecule has 3 atom stereocenters. The van der Waals surface area contributed by atoms with Crippen molar-refractivity contribution in [2.24, 2.45) is 11.8 Å². The fourth-order valence-electron chi connectivity index (χ4n) is 4.59. The highest BCUT2D eigenvalue weighted by atomic mass is 35.5. The van der Waals surface area contributed by atoms with E-state index in [1.54, 1.807) is 18.2 Å². The van der Waals surface area contributed by atoms with Crippen molar-refractivity contribution in [3.8, 4) is 0 Å². The molecule has 2 N–H and O–H groups in total. The number of benzene rings is 2. The normalized spacial score (nSPS) is 23.2. The minimum absolute atomic E-state index is 0.0827. The molecule has 154 valence electrons. The first-order valence-electron chi connectivity index (χ1n) is 9.94. The standard InChI is InChI=1S/C22H25ClN2O3S/c1-13-4-3-5-19(14(13)2)25-29(27,28)21-12-17(8-9-18(21)23)22(26)24-20-11-15-6-7-16(20)10-15/h3-5,8-9,12,15-16,20,25H,6-7,10-11H2,1-2H3,(H,24,26)/t15-,16-,20-/m0/s1. The first kappa shape index (κ1) is 20.2. The smallest absolute Gasteiger partial charge is 0.263 e. The zero-order chi connectivity index (χ0) is 20.8. The molecule has 2 aliphatic rings. The number of hydrogen-bond acceptors (Lipinski definition) is 3. The van der Waals surface area contributed by atoms with Crippen LogP contribution in [0.1, 0.15) is 47.2 Å². The average Bonchev–Trinajstić information content (AvgIpc) is 3.28. The number of rotatable bonds is 5. The molecule has 2 aliphatic carbocycles. The third kappa shape index (κ3) is 4.01. The largest absolute Gasteiger partial charge is 0.349 e. The maximum atomic E-state index is 13.0. The van der Waals surface area contributed by atoms with Gasteiger partial charge in [0.25, 0.3) is 15.9 Å². The van der Waals surface area contributed by atoms with Crippen molar-refractivity contribution in [1.82, 2.24) is 5.32 Å². The van der Waals surface area contributed by atoms with Gasteiger partial charge in [0.2, 0.25) is 0 Å². The van der Waals surface area contributed by atoms with E-state index in [1.807, 2.05) is 19.9 Å². The van der Waals surface area contributed by atoms with Crippen LogP contribution in [0.25, 0.3) is 0 Å². The van der Waals surface area contributed by atoms with E-state index >= 15 is 0 Å². The molecule has 2 saturated carbocycles. The molecule has 0 saturated heterocycles. The summed E-state index contributed by atoms with van der Waals surface area (Å²) in [5.41, 5.74) is 2.63. The molecule has 2 fully saturated rings. The summed E-state index contributed by atoms with van der Waals surface area (Å²) in [5.74, 6) is 1.01. The van der Waals surface area contributed by atoms with E-state index in [0.29, 0.717) is 23.1 Å². The molecule has 0 radical (unpaired) electrons. The average molecular weight is 433 g/mol. The van der Waals surface area contributed by atoms with Crippen molar-refractivity contribution in [2.75, 3.05) is 4.72 Å². The lowest BCUT2D eigenvalue weighted by Crippen LogP contribution is -2.38. The molecule has 0 aromatic heterocycles. The maximum Gasteiger partial charge on any atom is 0.263 e. The lowest BCUT2D eigenvalue weighted by atomic mass is 9.95. The number of amides is 1. The molecule has 29 heavy (non-hydrogen) atoms. The van der Waals surface area contributed by atoms with Gasteiger partial charge < -0.3 is 5.32 Å². The van der Waals surface area contributed by atoms with E-state index in [2.05, 4.69) is 10.0 Å². The van der Waals surface area contributed by atoms with E-state index in [4.69, 9.17) is 11.6 Å². The topological polar surface area (TPSA) is 75.3 Å². The Morgan fingerprint density at radius 1 is 1.10 bits per heavy atom. The second kappa shape index (κ2) is 7.65. The van der Waals surface area contributed by atoms with E-state index in [-0.39, 0.29) is 21.9 Å². The Kier molecular flexibility index (Phi) is 5.34. The van der Waals surface area contributed by atoms with Gasteiger partial charge >= 0.3 is 0 Å². The Labute approximate surface area is 176 Å². The highest BCUT2D eigenvalue weighted by Crippen LogP contribution is 2.44. The zero-order valence-electron chi connectivity index (χ0n) is 16.5. The number of carbonyl (C=O) groups is 1. The van der Waals surface area contributed by atoms with Crippen LogP contribution >= 0.6 is 11.6 Å². The van der Waals surface area contributed by atoms with Gasteiger partial charge in [-0.3, -0.25) is 9.52 Å². The number of nitrogens with one attached hydrogen (secondary N) is 2. The van der Waals surface area contributed by atoms with E-state index in [0.717, 1.165) is 24.0 Å². The Morgan fingerprint density at radius 2 is 1.90 bits per heavy atom. The Morgan fingerprint density at radius 3 is 2.59 bits per heavy atom. The van der Waals surface area contributed by atoms with Gasteiger partial charge in [0.05, 0.1) is 10.7 Å². The third-order valence-corrected chi connectivity index (χ3v) is 8.23. The van der Waals surface area contributed by atoms with Gasteiger partial charge in [0.1, 0.15) is 4.90 Å². The number of sulfonamides is 1. The monoisotopic (exact) mass is 432 g/mol. The van der Waals surface area contributed by atoms with Crippen LogP contribution < -0.4 is 10.0 Å². The van der Waals surface area contributed by atoms with Gasteiger partial charge in [-0.25, -0.2) is 8.42 Å². The Balaban J connectivity index is 1.57. The summed E-state index contributed by atoms with van der Waals surface area (Å²) >= 11 is 6.19. The van der Waals surface area contributed by atoms with Crippen molar-refractivity contribution in [1.29, 1.82) is 0 Å². The molecular formula is C22H25ClN2O3S. The van der Waals surface area contributed by atoms with Crippen LogP contribution in [0.4, 0.5) is 5.69 Å². The number of carbonyl (C=O) groups excluding carboxylic acids is 1. The molecule has 2 aromatic rings. The summed E-state index contributed by atoms with van der Waals surface area (Å²) in [7, 11) is -3.94. The van der Waals surface area contributed by atoms with E-state index in [9.17, 15) is 13.2 Å². The van der Waals surface area contributed by atoms with Crippen molar-refractivity contribution in [2.45, 2.75) is 50.5 Å². The molecule has 0 heterocycles. The Hall–Kier alpha value is -2.05. The highest BCUT2D eigenvalue weighted by Gasteiger charge is 2.40. The van der Waals surface area contributed by atoms with Gasteiger partial charge in [-0.05, 0) is 80.3 Å². The molecule has 1 amide bonds. The van der Waals surface area contributed by atoms with Crippen molar-refractivity contribution in [3.63, 3.8) is 0 Å². The van der Waals surface area contributed by atoms with Gasteiger partial charge in [-0.2, -0.15) is 0 Å². The van der Waals surface area contributed by atoms with Crippen LogP contribution in [-0.4, -0.2) is 20.4 Å². The predicted octanol–water partition coefficient (Wildman–Crippen LogP) is 4.68. The van der Waals surface area contributed by atoms with Crippen molar-refractivity contribution in [3.05, 3.63) is 58.1 Å². The van der Waals surface area contributed by atoms with Crippen molar-refractivity contribution >= 4 is 33.2 Å². The zero-order valence-corrected chi connectivity index (χ0v) is 18.1. The molecule has 0 aliphatic heterocycles. The minimum atomic E-state index is -3.94. The molecule has 0 spiro atoms. The predicted molar refractivity (Wildman–Crippen MR) is 115 cm³/mol. The second-order valence-electron chi connectivity index (χ2n) is 8.25. The summed E-state index contributed by atoms with van der Waals surface area (Å²) in [6.07, 6.45) is 4.62. The number of aryl methyl sites for hydroxylation is 1. The molecule has 0 unspecified atom stereocenters. The summed E-state index contributed by atoms with van der Waals surface area (Å²) in [5, 5.41) is 3.18. The lowest BCUT2D eigenvalue weighted by Gasteiger charge is -2.23. The number of halogens is 1. The lowest BCUT2D eigenvalue weighted by molar-refractivity contribution is 0.0922. The Bertz CT molecular complexity index is 1070. The first-order chi connectivity index (χ1) is 13.7. The molecule has 2 aromatic carbocycles. The van der Waals surface area contributed by atoms with Crippen LogP contribution in [0.5, 0.6) is 0 Å². The fraction of sp³-hybridized carbons (Fsp3) is 0.409.